The van der Waals surface area contributed by atoms with Crippen LogP contribution in [0.3, 0.4) is 0 Å². The van der Waals surface area contributed by atoms with E-state index < -0.39 is 0 Å². The van der Waals surface area contributed by atoms with Crippen molar-refractivity contribution >= 4 is 10.9 Å². The highest BCUT2D eigenvalue weighted by Gasteiger charge is 2.24. The molecule has 4 nitrogen and oxygen atoms in total. The van der Waals surface area contributed by atoms with E-state index in [1.165, 1.54) is 71.0 Å². The van der Waals surface area contributed by atoms with Crippen molar-refractivity contribution in [3.8, 4) is 11.1 Å². The van der Waals surface area contributed by atoms with Crippen LogP contribution in [0.15, 0.2) is 42.5 Å². The maximum atomic E-state index is 9.60. The normalized spacial score (nSPS) is 20.3. The van der Waals surface area contributed by atoms with Gasteiger partial charge in [0.15, 0.2) is 0 Å². The maximum Gasteiger partial charge on any atom is 0.0720 e. The van der Waals surface area contributed by atoms with Gasteiger partial charge in [-0.1, -0.05) is 36.6 Å². The number of aromatic amines is 1. The summed E-state index contributed by atoms with van der Waals surface area (Å²) in [7, 11) is 0. The van der Waals surface area contributed by atoms with Gasteiger partial charge in [0, 0.05) is 29.2 Å². The van der Waals surface area contributed by atoms with Gasteiger partial charge in [0.2, 0.25) is 0 Å². The number of hydrogen-bond acceptors (Lipinski definition) is 3. The Morgan fingerprint density at radius 1 is 1.00 bits per heavy atom. The predicted molar refractivity (Wildman–Crippen MR) is 126 cm³/mol. The first kappa shape index (κ1) is 20.7. The van der Waals surface area contributed by atoms with Gasteiger partial charge in [-0.05, 0) is 80.1 Å². The number of nitrogens with one attached hydrogen (secondary N) is 1. The van der Waals surface area contributed by atoms with Crippen molar-refractivity contribution in [3.05, 3.63) is 59.3 Å². The summed E-state index contributed by atoms with van der Waals surface area (Å²) in [6.07, 6.45) is 7.75. The maximum absolute atomic E-state index is 9.60. The van der Waals surface area contributed by atoms with Crippen LogP contribution in [0.2, 0.25) is 0 Å². The van der Waals surface area contributed by atoms with Crippen molar-refractivity contribution in [2.45, 2.75) is 70.7 Å². The number of benzene rings is 2. The number of rotatable bonds is 7. The van der Waals surface area contributed by atoms with E-state index in [9.17, 15) is 5.11 Å². The monoisotopic (exact) mass is 418 g/mol. The van der Waals surface area contributed by atoms with Crippen LogP contribution < -0.4 is 0 Å². The van der Waals surface area contributed by atoms with Crippen LogP contribution in [0.5, 0.6) is 0 Å². The van der Waals surface area contributed by atoms with E-state index in [4.69, 9.17) is 4.74 Å². The van der Waals surface area contributed by atoms with E-state index in [-0.39, 0.29) is 6.61 Å². The van der Waals surface area contributed by atoms with Gasteiger partial charge in [-0.3, -0.25) is 4.90 Å². The second kappa shape index (κ2) is 9.15. The summed E-state index contributed by atoms with van der Waals surface area (Å²) in [4.78, 5) is 5.97. The molecule has 3 aromatic rings. The second-order valence-corrected chi connectivity index (χ2v) is 9.47. The lowest BCUT2D eigenvalue weighted by molar-refractivity contribution is 0.0457. The van der Waals surface area contributed by atoms with Gasteiger partial charge < -0.3 is 14.8 Å². The molecular formula is C27H34N2O2. The van der Waals surface area contributed by atoms with Crippen molar-refractivity contribution in [2.75, 3.05) is 13.2 Å². The third-order valence-corrected chi connectivity index (χ3v) is 7.02. The summed E-state index contributed by atoms with van der Waals surface area (Å²) >= 11 is 0. The first-order valence-corrected chi connectivity index (χ1v) is 11.9. The molecule has 1 saturated carbocycles. The van der Waals surface area contributed by atoms with Gasteiger partial charge in [0.05, 0.1) is 19.3 Å². The molecule has 2 heterocycles. The number of H-pyrrole nitrogens is 1. The summed E-state index contributed by atoms with van der Waals surface area (Å²) in [6, 6.07) is 16.1. The van der Waals surface area contributed by atoms with Gasteiger partial charge in [-0.2, -0.15) is 0 Å². The van der Waals surface area contributed by atoms with E-state index in [0.29, 0.717) is 18.8 Å². The van der Waals surface area contributed by atoms with E-state index in [1.54, 1.807) is 0 Å². The highest BCUT2D eigenvalue weighted by Crippen LogP contribution is 2.29. The molecule has 0 bridgehead atoms. The summed E-state index contributed by atoms with van der Waals surface area (Å²) in [5.41, 5.74) is 7.45. The molecule has 0 radical (unpaired) electrons. The minimum atomic E-state index is 0.254. The molecule has 5 rings (SSSR count). The van der Waals surface area contributed by atoms with Gasteiger partial charge >= 0.3 is 0 Å². The largest absolute Gasteiger partial charge is 0.395 e. The molecule has 0 amide bonds. The molecule has 4 heteroatoms. The molecule has 1 aliphatic heterocycles. The smallest absolute Gasteiger partial charge is 0.0720 e. The Bertz CT molecular complexity index is 1030. The van der Waals surface area contributed by atoms with Crippen molar-refractivity contribution < 1.29 is 9.84 Å². The van der Waals surface area contributed by atoms with E-state index in [1.807, 2.05) is 0 Å². The quantitative estimate of drug-likeness (QED) is 0.528. The van der Waals surface area contributed by atoms with Crippen LogP contribution in [0.4, 0.5) is 0 Å². The summed E-state index contributed by atoms with van der Waals surface area (Å²) in [5, 5.41) is 10.8. The van der Waals surface area contributed by atoms with Crippen LogP contribution in [0.1, 0.15) is 55.3 Å². The Hall–Kier alpha value is -2.14. The molecule has 1 saturated heterocycles. The highest BCUT2D eigenvalue weighted by atomic mass is 16.5. The van der Waals surface area contributed by atoms with Crippen molar-refractivity contribution in [1.82, 2.24) is 9.88 Å². The first-order chi connectivity index (χ1) is 15.2. The fourth-order valence-electron chi connectivity index (χ4n) is 5.37. The van der Waals surface area contributed by atoms with E-state index >= 15 is 0 Å². The number of hydrogen-bond donors (Lipinski definition) is 2. The lowest BCUT2D eigenvalue weighted by Gasteiger charge is -2.21. The van der Waals surface area contributed by atoms with Crippen LogP contribution in [0, 0.1) is 6.92 Å². The average Bonchev–Trinajstić information content (AvgIpc) is 3.52. The minimum Gasteiger partial charge on any atom is -0.395 e. The zero-order chi connectivity index (χ0) is 21.2. The number of aromatic nitrogens is 1. The van der Waals surface area contributed by atoms with Crippen molar-refractivity contribution in [3.63, 3.8) is 0 Å². The molecule has 2 fully saturated rings. The Labute approximate surface area is 185 Å². The number of nitrogens with zero attached hydrogens (tertiary/aromatic N) is 1. The highest BCUT2D eigenvalue weighted by molar-refractivity contribution is 5.86. The molecule has 1 aromatic heterocycles. The predicted octanol–water partition coefficient (Wildman–Crippen LogP) is 5.56. The standard InChI is InChI=1S/C27H34N2O2/c1-19-11-20(18-31-26-6-2-3-7-26)13-22(12-19)21-8-9-27-23(14-21)15-24(28-27)16-29-10-4-5-25(29)17-30/h8-9,11-15,25-26,28,30H,2-7,10,16-18H2,1H3/t25-/m1/s1. The lowest BCUT2D eigenvalue weighted by atomic mass is 9.99. The first-order valence-electron chi connectivity index (χ1n) is 11.9. The van der Waals surface area contributed by atoms with Gasteiger partial charge in [0.1, 0.15) is 0 Å². The van der Waals surface area contributed by atoms with Crippen LogP contribution in [0.25, 0.3) is 22.0 Å². The number of likely N-dealkylation sites (tertiary alicyclic amines) is 1. The lowest BCUT2D eigenvalue weighted by Crippen LogP contribution is -2.31. The fraction of sp³-hybridized carbons (Fsp3) is 0.481. The van der Waals surface area contributed by atoms with Crippen LogP contribution in [-0.2, 0) is 17.9 Å². The number of aliphatic hydroxyl groups excluding tert-OH is 1. The molecule has 0 unspecified atom stereocenters. The molecule has 2 aromatic carbocycles. The number of ether oxygens (including phenoxy) is 1. The van der Waals surface area contributed by atoms with Gasteiger partial charge in [-0.15, -0.1) is 0 Å². The SMILES string of the molecule is Cc1cc(COC2CCCC2)cc(-c2ccc3[nH]c(CN4CCC[C@@H]4CO)cc3c2)c1. The molecule has 1 atom stereocenters. The third-order valence-electron chi connectivity index (χ3n) is 7.02. The van der Waals surface area contributed by atoms with Crippen LogP contribution >= 0.6 is 0 Å². The van der Waals surface area contributed by atoms with E-state index in [0.717, 1.165) is 19.5 Å². The Morgan fingerprint density at radius 2 is 1.87 bits per heavy atom. The van der Waals surface area contributed by atoms with Crippen molar-refractivity contribution in [1.29, 1.82) is 0 Å². The third kappa shape index (κ3) is 4.72. The minimum absolute atomic E-state index is 0.254. The molecular weight excluding hydrogens is 384 g/mol. The Kier molecular flexibility index (Phi) is 6.13. The molecule has 164 valence electrons. The molecule has 0 spiro atoms. The summed E-state index contributed by atoms with van der Waals surface area (Å²) in [6.45, 7) is 5.08. The number of aliphatic hydroxyl groups is 1. The summed E-state index contributed by atoms with van der Waals surface area (Å²) < 4.78 is 6.16. The zero-order valence-electron chi connectivity index (χ0n) is 18.6. The van der Waals surface area contributed by atoms with E-state index in [2.05, 4.69) is 59.3 Å². The molecule has 2 aliphatic rings. The number of fused-ring (bicyclic) bond motifs is 1. The number of aryl methyl sites for hydroxylation is 1. The van der Waals surface area contributed by atoms with Crippen LogP contribution in [-0.4, -0.2) is 40.3 Å². The molecule has 1 aliphatic carbocycles. The Balaban J connectivity index is 1.34. The zero-order valence-corrected chi connectivity index (χ0v) is 18.6. The Morgan fingerprint density at radius 3 is 2.71 bits per heavy atom. The average molecular weight is 419 g/mol. The summed E-state index contributed by atoms with van der Waals surface area (Å²) in [5.74, 6) is 0. The topological polar surface area (TPSA) is 48.5 Å². The van der Waals surface area contributed by atoms with Gasteiger partial charge in [-0.25, -0.2) is 0 Å². The second-order valence-electron chi connectivity index (χ2n) is 9.47. The van der Waals surface area contributed by atoms with Crippen molar-refractivity contribution in [2.24, 2.45) is 0 Å². The fourth-order valence-corrected chi connectivity index (χ4v) is 5.37. The molecule has 31 heavy (non-hydrogen) atoms. The van der Waals surface area contributed by atoms with Gasteiger partial charge in [0.25, 0.3) is 0 Å². The molecule has 2 N–H and O–H groups in total.